The molecule has 0 atom stereocenters. The molecule has 0 saturated heterocycles. The number of rotatable bonds is 1. The summed E-state index contributed by atoms with van der Waals surface area (Å²) in [5.41, 5.74) is 9.86. The van der Waals surface area contributed by atoms with Gasteiger partial charge in [0.25, 0.3) is 0 Å². The molecule has 21 heavy (non-hydrogen) atoms. The fourth-order valence-electron chi connectivity index (χ4n) is 2.58. The molecule has 2 aromatic carbocycles. The second kappa shape index (κ2) is 4.88. The van der Waals surface area contributed by atoms with Crippen molar-refractivity contribution in [2.45, 2.75) is 26.3 Å². The Balaban J connectivity index is 2.33. The fraction of sp³-hybridized carbons (Fsp3) is 0.235. The molecule has 0 aliphatic carbocycles. The number of nitrogens with two attached hydrogens (primary N) is 1. The molecule has 0 unspecified atom stereocenters. The smallest absolute Gasteiger partial charge is 0.141 e. The van der Waals surface area contributed by atoms with E-state index in [4.69, 9.17) is 10.7 Å². The molecule has 4 heteroatoms. The molecular weight excluding hydrogens is 326 g/mol. The van der Waals surface area contributed by atoms with Crippen molar-refractivity contribution in [1.29, 1.82) is 0 Å². The number of halogens is 1. The van der Waals surface area contributed by atoms with Gasteiger partial charge in [-0.25, -0.2) is 4.98 Å². The lowest BCUT2D eigenvalue weighted by Crippen LogP contribution is -2.22. The van der Waals surface area contributed by atoms with Crippen molar-refractivity contribution >= 4 is 32.7 Å². The Kier molecular flexibility index (Phi) is 3.29. The Hall–Kier alpha value is -1.81. The number of nitrogen functional groups attached to an aromatic ring is 1. The summed E-state index contributed by atoms with van der Waals surface area (Å²) in [5, 5.41) is 0. The molecule has 1 aromatic heterocycles. The van der Waals surface area contributed by atoms with Crippen LogP contribution in [-0.4, -0.2) is 9.55 Å². The molecule has 0 aliphatic rings. The van der Waals surface area contributed by atoms with Crippen molar-refractivity contribution in [3.8, 4) is 11.4 Å². The predicted octanol–water partition coefficient (Wildman–Crippen LogP) is 4.80. The van der Waals surface area contributed by atoms with Gasteiger partial charge in [0, 0.05) is 21.3 Å². The lowest BCUT2D eigenvalue weighted by atomic mass is 10.1. The normalized spacial score (nSPS) is 12.0. The SMILES string of the molecule is CC(C)(C)n1c(-c2ccc(Br)c(N)c2)nc2ccccc21. The maximum absolute atomic E-state index is 6.03. The standard InChI is InChI=1S/C17H18BrN3/c1-17(2,3)21-15-7-5-4-6-14(15)20-16(21)11-8-9-12(18)13(19)10-11/h4-10H,19H2,1-3H3. The Morgan fingerprint density at radius 1 is 1.10 bits per heavy atom. The van der Waals surface area contributed by atoms with E-state index in [1.807, 2.05) is 36.4 Å². The summed E-state index contributed by atoms with van der Waals surface area (Å²) < 4.78 is 3.18. The third-order valence-electron chi connectivity index (χ3n) is 3.49. The molecule has 1 heterocycles. The van der Waals surface area contributed by atoms with Gasteiger partial charge in [-0.1, -0.05) is 12.1 Å². The van der Waals surface area contributed by atoms with Crippen LogP contribution in [0.15, 0.2) is 46.9 Å². The molecular formula is C17H18BrN3. The fourth-order valence-corrected chi connectivity index (χ4v) is 2.83. The van der Waals surface area contributed by atoms with E-state index in [9.17, 15) is 0 Å². The number of aromatic nitrogens is 2. The zero-order valence-electron chi connectivity index (χ0n) is 12.4. The number of benzene rings is 2. The molecule has 0 bridgehead atoms. The first kappa shape index (κ1) is 14.1. The summed E-state index contributed by atoms with van der Waals surface area (Å²) in [6.45, 7) is 6.56. The van der Waals surface area contributed by atoms with E-state index in [2.05, 4.69) is 47.3 Å². The highest BCUT2D eigenvalue weighted by Crippen LogP contribution is 2.33. The number of hydrogen-bond acceptors (Lipinski definition) is 2. The van der Waals surface area contributed by atoms with E-state index in [1.54, 1.807) is 0 Å². The number of para-hydroxylation sites is 2. The third kappa shape index (κ3) is 2.44. The van der Waals surface area contributed by atoms with Crippen molar-refractivity contribution in [1.82, 2.24) is 9.55 Å². The minimum absolute atomic E-state index is 0.0622. The van der Waals surface area contributed by atoms with Crippen LogP contribution in [0.1, 0.15) is 20.8 Å². The minimum Gasteiger partial charge on any atom is -0.398 e. The topological polar surface area (TPSA) is 43.8 Å². The summed E-state index contributed by atoms with van der Waals surface area (Å²) in [6.07, 6.45) is 0. The monoisotopic (exact) mass is 343 g/mol. The Morgan fingerprint density at radius 2 is 1.81 bits per heavy atom. The largest absolute Gasteiger partial charge is 0.398 e. The molecule has 3 nitrogen and oxygen atoms in total. The first-order valence-electron chi connectivity index (χ1n) is 6.91. The molecule has 0 aliphatic heterocycles. The molecule has 0 amide bonds. The second-order valence-corrected chi connectivity index (χ2v) is 7.02. The van der Waals surface area contributed by atoms with Crippen molar-refractivity contribution in [2.24, 2.45) is 0 Å². The Morgan fingerprint density at radius 3 is 2.48 bits per heavy atom. The predicted molar refractivity (Wildman–Crippen MR) is 92.3 cm³/mol. The number of hydrogen-bond donors (Lipinski definition) is 1. The molecule has 0 spiro atoms. The maximum Gasteiger partial charge on any atom is 0.141 e. The van der Waals surface area contributed by atoms with Gasteiger partial charge in [0.2, 0.25) is 0 Å². The summed E-state index contributed by atoms with van der Waals surface area (Å²) in [6, 6.07) is 14.2. The number of anilines is 1. The summed E-state index contributed by atoms with van der Waals surface area (Å²) in [4.78, 5) is 4.81. The molecule has 2 N–H and O–H groups in total. The van der Waals surface area contributed by atoms with Crippen molar-refractivity contribution < 1.29 is 0 Å². The van der Waals surface area contributed by atoms with E-state index in [0.29, 0.717) is 0 Å². The highest BCUT2D eigenvalue weighted by atomic mass is 79.9. The minimum atomic E-state index is -0.0622. The van der Waals surface area contributed by atoms with E-state index in [1.165, 1.54) is 0 Å². The molecule has 3 aromatic rings. The molecule has 3 rings (SSSR count). The van der Waals surface area contributed by atoms with Crippen LogP contribution >= 0.6 is 15.9 Å². The van der Waals surface area contributed by atoms with E-state index in [0.717, 1.165) is 32.6 Å². The highest BCUT2D eigenvalue weighted by Gasteiger charge is 2.22. The first-order valence-corrected chi connectivity index (χ1v) is 7.70. The highest BCUT2D eigenvalue weighted by molar-refractivity contribution is 9.10. The van der Waals surface area contributed by atoms with Crippen molar-refractivity contribution in [2.75, 3.05) is 5.73 Å². The quantitative estimate of drug-likeness (QED) is 0.644. The summed E-state index contributed by atoms with van der Waals surface area (Å²) >= 11 is 3.44. The van der Waals surface area contributed by atoms with Gasteiger partial charge in [0.15, 0.2) is 0 Å². The molecule has 0 radical (unpaired) electrons. The average molecular weight is 344 g/mol. The van der Waals surface area contributed by atoms with Crippen LogP contribution in [0, 0.1) is 0 Å². The lowest BCUT2D eigenvalue weighted by molar-refractivity contribution is 0.413. The summed E-state index contributed by atoms with van der Waals surface area (Å²) in [7, 11) is 0. The van der Waals surface area contributed by atoms with Gasteiger partial charge in [0.05, 0.1) is 11.0 Å². The second-order valence-electron chi connectivity index (χ2n) is 6.17. The van der Waals surface area contributed by atoms with Crippen LogP contribution in [0.5, 0.6) is 0 Å². The van der Waals surface area contributed by atoms with Gasteiger partial charge in [-0.2, -0.15) is 0 Å². The zero-order chi connectivity index (χ0) is 15.2. The summed E-state index contributed by atoms with van der Waals surface area (Å²) in [5.74, 6) is 0.947. The van der Waals surface area contributed by atoms with Crippen LogP contribution in [0.3, 0.4) is 0 Å². The molecule has 108 valence electrons. The van der Waals surface area contributed by atoms with Crippen LogP contribution < -0.4 is 5.73 Å². The van der Waals surface area contributed by atoms with Gasteiger partial charge < -0.3 is 10.3 Å². The number of fused-ring (bicyclic) bond motifs is 1. The van der Waals surface area contributed by atoms with Gasteiger partial charge in [-0.05, 0) is 67.0 Å². The average Bonchev–Trinajstić information content (AvgIpc) is 2.81. The Bertz CT molecular complexity index is 813. The third-order valence-corrected chi connectivity index (χ3v) is 4.21. The van der Waals surface area contributed by atoms with Gasteiger partial charge >= 0.3 is 0 Å². The van der Waals surface area contributed by atoms with Crippen LogP contribution in [0.2, 0.25) is 0 Å². The van der Waals surface area contributed by atoms with E-state index in [-0.39, 0.29) is 5.54 Å². The van der Waals surface area contributed by atoms with Crippen LogP contribution in [0.4, 0.5) is 5.69 Å². The van der Waals surface area contributed by atoms with Gasteiger partial charge in [-0.15, -0.1) is 0 Å². The lowest BCUT2D eigenvalue weighted by Gasteiger charge is -2.25. The molecule has 0 saturated carbocycles. The molecule has 0 fully saturated rings. The van der Waals surface area contributed by atoms with Crippen LogP contribution in [0.25, 0.3) is 22.4 Å². The van der Waals surface area contributed by atoms with Crippen molar-refractivity contribution in [3.63, 3.8) is 0 Å². The van der Waals surface area contributed by atoms with Gasteiger partial charge in [0.1, 0.15) is 5.82 Å². The van der Waals surface area contributed by atoms with Crippen LogP contribution in [-0.2, 0) is 5.54 Å². The number of imidazole rings is 1. The first-order chi connectivity index (χ1) is 9.88. The maximum atomic E-state index is 6.03. The van der Waals surface area contributed by atoms with E-state index < -0.39 is 0 Å². The Labute approximate surface area is 132 Å². The van der Waals surface area contributed by atoms with Gasteiger partial charge in [-0.3, -0.25) is 0 Å². The zero-order valence-corrected chi connectivity index (χ0v) is 14.0. The van der Waals surface area contributed by atoms with E-state index >= 15 is 0 Å². The van der Waals surface area contributed by atoms with Crippen molar-refractivity contribution in [3.05, 3.63) is 46.9 Å². The number of nitrogens with zero attached hydrogens (tertiary/aromatic N) is 2.